The molecule has 2 rings (SSSR count). The number of hydrogen-bond acceptors (Lipinski definition) is 5. The molecule has 2 aromatic rings. The molecule has 8 heteroatoms. The van der Waals surface area contributed by atoms with Gasteiger partial charge < -0.3 is 5.32 Å². The van der Waals surface area contributed by atoms with Gasteiger partial charge in [0, 0.05) is 12.5 Å². The van der Waals surface area contributed by atoms with Crippen LogP contribution in [0.1, 0.15) is 15.9 Å². The van der Waals surface area contributed by atoms with Crippen molar-refractivity contribution in [1.29, 1.82) is 0 Å². The van der Waals surface area contributed by atoms with E-state index in [1.165, 1.54) is 24.3 Å². The van der Waals surface area contributed by atoms with E-state index < -0.39 is 22.8 Å². The first-order chi connectivity index (χ1) is 11.5. The average molecular weight is 328 g/mol. The maximum Gasteiger partial charge on any atom is 0.282 e. The van der Waals surface area contributed by atoms with Crippen molar-refractivity contribution in [3.63, 3.8) is 0 Å². The zero-order chi connectivity index (χ0) is 17.5. The third kappa shape index (κ3) is 4.14. The Morgan fingerprint density at radius 1 is 1.08 bits per heavy atom. The molecule has 0 saturated carbocycles. The van der Waals surface area contributed by atoms with Crippen LogP contribution in [0.2, 0.25) is 0 Å². The zero-order valence-electron chi connectivity index (χ0n) is 12.6. The topological polar surface area (TPSA) is 127 Å². The predicted octanol–water partition coefficient (Wildman–Crippen LogP) is 0.926. The fourth-order valence-corrected chi connectivity index (χ4v) is 2.22. The number of benzene rings is 2. The molecule has 124 valence electrons. The number of nitrogens with zero attached hydrogens (tertiary/aromatic N) is 1. The summed E-state index contributed by atoms with van der Waals surface area (Å²) in [5.74, 6) is 3.85. The normalized spacial score (nSPS) is 11.4. The lowest BCUT2D eigenvalue weighted by Gasteiger charge is -2.17. The molecule has 8 nitrogen and oxygen atoms in total. The maximum atomic E-state index is 12.4. The van der Waals surface area contributed by atoms with Crippen LogP contribution in [0.5, 0.6) is 0 Å². The van der Waals surface area contributed by atoms with Gasteiger partial charge in [-0.3, -0.25) is 25.1 Å². The number of nitrogens with one attached hydrogen (secondary N) is 2. The highest BCUT2D eigenvalue weighted by Crippen LogP contribution is 2.17. The van der Waals surface area contributed by atoms with Crippen molar-refractivity contribution in [1.82, 2.24) is 10.7 Å². The first-order valence-corrected chi connectivity index (χ1v) is 7.11. The second-order valence-electron chi connectivity index (χ2n) is 5.00. The lowest BCUT2D eigenvalue weighted by atomic mass is 10.0. The lowest BCUT2D eigenvalue weighted by molar-refractivity contribution is -0.385. The van der Waals surface area contributed by atoms with Crippen LogP contribution in [0.4, 0.5) is 5.69 Å². The third-order valence-electron chi connectivity index (χ3n) is 3.39. The fraction of sp³-hybridized carbons (Fsp3) is 0.125. The Kier molecular flexibility index (Phi) is 5.58. The Bertz CT molecular complexity index is 749. The summed E-state index contributed by atoms with van der Waals surface area (Å²) in [7, 11) is 0. The highest BCUT2D eigenvalue weighted by atomic mass is 16.6. The molecule has 0 heterocycles. The Labute approximate surface area is 137 Å². The molecule has 0 saturated heterocycles. The quantitative estimate of drug-likeness (QED) is 0.314. The fourth-order valence-electron chi connectivity index (χ4n) is 2.22. The number of hydrazine groups is 1. The van der Waals surface area contributed by atoms with Gasteiger partial charge in [0.25, 0.3) is 17.5 Å². The molecule has 0 fully saturated rings. The summed E-state index contributed by atoms with van der Waals surface area (Å²) >= 11 is 0. The van der Waals surface area contributed by atoms with E-state index in [0.29, 0.717) is 0 Å². The molecular weight excluding hydrogens is 312 g/mol. The Hall–Kier alpha value is -3.26. The number of amides is 2. The summed E-state index contributed by atoms with van der Waals surface area (Å²) < 4.78 is 0. The van der Waals surface area contributed by atoms with Crippen LogP contribution in [0, 0.1) is 10.1 Å². The van der Waals surface area contributed by atoms with Gasteiger partial charge in [-0.15, -0.1) is 0 Å². The molecule has 0 aromatic heterocycles. The van der Waals surface area contributed by atoms with Gasteiger partial charge in [-0.1, -0.05) is 42.5 Å². The van der Waals surface area contributed by atoms with Gasteiger partial charge in [0.2, 0.25) is 0 Å². The van der Waals surface area contributed by atoms with Crippen molar-refractivity contribution in [2.24, 2.45) is 5.84 Å². The minimum Gasteiger partial charge on any atom is -0.340 e. The summed E-state index contributed by atoms with van der Waals surface area (Å²) in [5, 5.41) is 13.5. The highest BCUT2D eigenvalue weighted by Gasteiger charge is 2.25. The standard InChI is InChI=1S/C16H16N4O4/c17-19-16(22)13(10-11-6-2-1-3-7-11)18-15(21)12-8-4-5-9-14(12)20(23)24/h1-9,13H,10,17H2,(H,18,21)(H,19,22)/t13-/m1/s1. The van der Waals surface area contributed by atoms with Crippen molar-refractivity contribution in [3.8, 4) is 0 Å². The molecule has 2 amide bonds. The van der Waals surface area contributed by atoms with Gasteiger partial charge in [0.1, 0.15) is 11.6 Å². The van der Waals surface area contributed by atoms with E-state index in [1.54, 1.807) is 24.3 Å². The van der Waals surface area contributed by atoms with Crippen molar-refractivity contribution in [3.05, 3.63) is 75.8 Å². The molecule has 1 atom stereocenters. The summed E-state index contributed by atoms with van der Waals surface area (Å²) in [6, 6.07) is 13.6. The molecule has 0 radical (unpaired) electrons. The van der Waals surface area contributed by atoms with E-state index in [2.05, 4.69) is 5.32 Å². The van der Waals surface area contributed by atoms with E-state index in [4.69, 9.17) is 5.84 Å². The number of hydrogen-bond donors (Lipinski definition) is 3. The molecule has 0 aliphatic rings. The van der Waals surface area contributed by atoms with Crippen molar-refractivity contribution >= 4 is 17.5 Å². The number of rotatable bonds is 6. The van der Waals surface area contributed by atoms with E-state index >= 15 is 0 Å². The van der Waals surface area contributed by atoms with Crippen LogP contribution < -0.4 is 16.6 Å². The van der Waals surface area contributed by atoms with Crippen molar-refractivity contribution in [2.75, 3.05) is 0 Å². The Morgan fingerprint density at radius 3 is 2.33 bits per heavy atom. The van der Waals surface area contributed by atoms with E-state index in [9.17, 15) is 19.7 Å². The molecule has 0 spiro atoms. The maximum absolute atomic E-state index is 12.4. The van der Waals surface area contributed by atoms with Crippen LogP contribution in [-0.2, 0) is 11.2 Å². The summed E-state index contributed by atoms with van der Waals surface area (Å²) in [4.78, 5) is 34.6. The minimum atomic E-state index is -0.954. The SMILES string of the molecule is NNC(=O)[C@@H](Cc1ccccc1)NC(=O)c1ccccc1[N+](=O)[O-]. The second kappa shape index (κ2) is 7.84. The van der Waals surface area contributed by atoms with Crippen LogP contribution in [0.25, 0.3) is 0 Å². The molecule has 4 N–H and O–H groups in total. The monoisotopic (exact) mass is 328 g/mol. The summed E-state index contributed by atoms with van der Waals surface area (Å²) in [6.45, 7) is 0. The summed E-state index contributed by atoms with van der Waals surface area (Å²) in [6.07, 6.45) is 0.205. The van der Waals surface area contributed by atoms with Gasteiger partial charge in [-0.25, -0.2) is 5.84 Å². The largest absolute Gasteiger partial charge is 0.340 e. The molecule has 0 aliphatic heterocycles. The van der Waals surface area contributed by atoms with Gasteiger partial charge in [0.05, 0.1) is 4.92 Å². The van der Waals surface area contributed by atoms with Crippen LogP contribution in [0.15, 0.2) is 54.6 Å². The Balaban J connectivity index is 2.22. The van der Waals surface area contributed by atoms with Crippen LogP contribution in [-0.4, -0.2) is 22.8 Å². The molecule has 2 aromatic carbocycles. The number of carbonyl (C=O) groups excluding carboxylic acids is 2. The zero-order valence-corrected chi connectivity index (χ0v) is 12.6. The number of carbonyl (C=O) groups is 2. The van der Waals surface area contributed by atoms with Gasteiger partial charge in [-0.05, 0) is 11.6 Å². The van der Waals surface area contributed by atoms with Crippen LogP contribution in [0.3, 0.4) is 0 Å². The minimum absolute atomic E-state index is 0.120. The molecule has 24 heavy (non-hydrogen) atoms. The van der Waals surface area contributed by atoms with Gasteiger partial charge in [-0.2, -0.15) is 0 Å². The second-order valence-corrected chi connectivity index (χ2v) is 5.00. The number of nitro benzene ring substituents is 1. The molecule has 0 bridgehead atoms. The van der Waals surface area contributed by atoms with Gasteiger partial charge in [0.15, 0.2) is 0 Å². The third-order valence-corrected chi connectivity index (χ3v) is 3.39. The Morgan fingerprint density at radius 2 is 1.71 bits per heavy atom. The predicted molar refractivity (Wildman–Crippen MR) is 86.8 cm³/mol. The first-order valence-electron chi connectivity index (χ1n) is 7.11. The lowest BCUT2D eigenvalue weighted by Crippen LogP contribution is -2.50. The summed E-state index contributed by atoms with van der Waals surface area (Å²) in [5.41, 5.74) is 2.35. The first kappa shape index (κ1) is 17.1. The average Bonchev–Trinajstić information content (AvgIpc) is 2.61. The van der Waals surface area contributed by atoms with Crippen molar-refractivity contribution < 1.29 is 14.5 Å². The number of para-hydroxylation sites is 1. The number of nitro groups is 1. The highest BCUT2D eigenvalue weighted by molar-refractivity contribution is 6.00. The van der Waals surface area contributed by atoms with Crippen molar-refractivity contribution in [2.45, 2.75) is 12.5 Å². The van der Waals surface area contributed by atoms with Gasteiger partial charge >= 0.3 is 0 Å². The van der Waals surface area contributed by atoms with E-state index in [-0.39, 0.29) is 17.7 Å². The van der Waals surface area contributed by atoms with E-state index in [0.717, 1.165) is 5.56 Å². The van der Waals surface area contributed by atoms with E-state index in [1.807, 2.05) is 11.5 Å². The van der Waals surface area contributed by atoms with Crippen LogP contribution >= 0.6 is 0 Å². The molecule has 0 unspecified atom stereocenters. The molecule has 0 aliphatic carbocycles. The smallest absolute Gasteiger partial charge is 0.282 e. The number of nitrogens with two attached hydrogens (primary N) is 1. The molecular formula is C16H16N4O4.